The van der Waals surface area contributed by atoms with Crippen molar-refractivity contribution >= 4 is 11.6 Å². The van der Waals surface area contributed by atoms with Gasteiger partial charge in [-0.1, -0.05) is 6.92 Å². The summed E-state index contributed by atoms with van der Waals surface area (Å²) in [4.78, 5) is 13.7. The fourth-order valence-electron chi connectivity index (χ4n) is 1.57. The molecule has 0 bridgehead atoms. The first kappa shape index (κ1) is 12.5. The average molecular weight is 226 g/mol. The highest BCUT2D eigenvalue weighted by Crippen LogP contribution is 2.12. The zero-order chi connectivity index (χ0) is 12.1. The van der Waals surface area contributed by atoms with Crippen LogP contribution in [0.2, 0.25) is 0 Å². The van der Waals surface area contributed by atoms with Crippen molar-refractivity contribution in [3.63, 3.8) is 0 Å². The minimum absolute atomic E-state index is 0.0521. The molecule has 0 unspecified atom stereocenters. The van der Waals surface area contributed by atoms with E-state index in [9.17, 15) is 4.79 Å². The number of nitrogens with two attached hydrogens (primary N) is 1. The summed E-state index contributed by atoms with van der Waals surface area (Å²) in [6.45, 7) is 2.84. The lowest BCUT2D eigenvalue weighted by Gasteiger charge is -2.21. The molecule has 1 aromatic rings. The molecule has 0 radical (unpaired) electrons. The van der Waals surface area contributed by atoms with Crippen molar-refractivity contribution in [3.8, 4) is 0 Å². The number of rotatable bonds is 5. The molecule has 1 aromatic heterocycles. The van der Waals surface area contributed by atoms with Crippen LogP contribution in [0.1, 0.15) is 23.8 Å². The fraction of sp³-hybridized carbons (Fsp3) is 0.600. The van der Waals surface area contributed by atoms with Crippen LogP contribution in [0, 0.1) is 0 Å². The maximum atomic E-state index is 12.1. The second-order valence-electron chi connectivity index (χ2n) is 3.59. The summed E-state index contributed by atoms with van der Waals surface area (Å²) in [6, 6.07) is 0. The first-order valence-corrected chi connectivity index (χ1v) is 5.29. The number of aliphatic hydroxyl groups excluding tert-OH is 1. The van der Waals surface area contributed by atoms with Crippen LogP contribution in [0.4, 0.5) is 5.69 Å². The molecule has 6 nitrogen and oxygen atoms in total. The minimum atomic E-state index is -0.187. The average Bonchev–Trinajstić information content (AvgIpc) is 2.57. The number of amides is 1. The third-order valence-corrected chi connectivity index (χ3v) is 2.32. The summed E-state index contributed by atoms with van der Waals surface area (Å²) in [6.07, 6.45) is 2.29. The summed E-state index contributed by atoms with van der Waals surface area (Å²) >= 11 is 0. The molecule has 16 heavy (non-hydrogen) atoms. The van der Waals surface area contributed by atoms with Crippen molar-refractivity contribution in [2.75, 3.05) is 25.4 Å². The highest BCUT2D eigenvalue weighted by molar-refractivity contribution is 5.97. The molecule has 0 saturated carbocycles. The molecule has 0 aliphatic rings. The number of carbonyl (C=O) groups excluding carboxylic acids is 1. The van der Waals surface area contributed by atoms with Crippen LogP contribution < -0.4 is 5.73 Å². The van der Waals surface area contributed by atoms with Gasteiger partial charge in [-0.2, -0.15) is 5.10 Å². The maximum Gasteiger partial charge on any atom is 0.274 e. The number of carbonyl (C=O) groups is 1. The maximum absolute atomic E-state index is 12.1. The van der Waals surface area contributed by atoms with Gasteiger partial charge in [-0.15, -0.1) is 0 Å². The van der Waals surface area contributed by atoms with Gasteiger partial charge in [0.1, 0.15) is 5.69 Å². The number of aromatic nitrogens is 2. The van der Waals surface area contributed by atoms with Gasteiger partial charge in [0, 0.05) is 20.1 Å². The zero-order valence-electron chi connectivity index (χ0n) is 9.68. The molecule has 0 aliphatic heterocycles. The zero-order valence-corrected chi connectivity index (χ0v) is 9.68. The number of aliphatic hydroxyl groups is 1. The van der Waals surface area contributed by atoms with Gasteiger partial charge in [0.25, 0.3) is 5.91 Å². The molecule has 1 rings (SSSR count). The number of anilines is 1. The number of nitrogen functional groups attached to an aromatic ring is 1. The first-order chi connectivity index (χ1) is 7.61. The van der Waals surface area contributed by atoms with E-state index in [2.05, 4.69) is 5.10 Å². The predicted octanol–water partition coefficient (Wildman–Crippen LogP) is -0.153. The lowest BCUT2D eigenvalue weighted by molar-refractivity contribution is 0.0712. The summed E-state index contributed by atoms with van der Waals surface area (Å²) in [5.74, 6) is -0.187. The molecule has 3 N–H and O–H groups in total. The Bertz CT molecular complexity index is 336. The summed E-state index contributed by atoms with van der Waals surface area (Å²) in [5, 5.41) is 12.8. The van der Waals surface area contributed by atoms with Crippen LogP contribution in [-0.4, -0.2) is 45.4 Å². The molecule has 6 heteroatoms. The Morgan fingerprint density at radius 2 is 2.31 bits per heavy atom. The van der Waals surface area contributed by atoms with E-state index in [1.807, 2.05) is 6.92 Å². The lowest BCUT2D eigenvalue weighted by atomic mass is 10.3. The minimum Gasteiger partial charge on any atom is -0.396 e. The molecule has 1 heterocycles. The third-order valence-electron chi connectivity index (χ3n) is 2.32. The van der Waals surface area contributed by atoms with Crippen molar-refractivity contribution < 1.29 is 9.90 Å². The van der Waals surface area contributed by atoms with E-state index in [1.165, 1.54) is 10.9 Å². The van der Waals surface area contributed by atoms with Gasteiger partial charge < -0.3 is 15.7 Å². The molecular formula is C10H18N4O2. The van der Waals surface area contributed by atoms with Gasteiger partial charge >= 0.3 is 0 Å². The Balaban J connectivity index is 2.89. The monoisotopic (exact) mass is 226 g/mol. The third kappa shape index (κ3) is 2.52. The van der Waals surface area contributed by atoms with Gasteiger partial charge in [0.2, 0.25) is 0 Å². The van der Waals surface area contributed by atoms with E-state index in [1.54, 1.807) is 11.9 Å². The normalized spacial score (nSPS) is 10.4. The van der Waals surface area contributed by atoms with E-state index < -0.39 is 0 Å². The van der Waals surface area contributed by atoms with Crippen LogP contribution in [0.5, 0.6) is 0 Å². The van der Waals surface area contributed by atoms with Crippen molar-refractivity contribution in [3.05, 3.63) is 11.9 Å². The standard InChI is InChI=1S/C10H18N4O2/c1-3-4-14(5-6-15)10(16)9-8(11)7-12-13(9)2/h7,15H,3-6,11H2,1-2H3. The number of aryl methyl sites for hydroxylation is 1. The first-order valence-electron chi connectivity index (χ1n) is 5.29. The van der Waals surface area contributed by atoms with Crippen molar-refractivity contribution in [1.29, 1.82) is 0 Å². The second kappa shape index (κ2) is 5.50. The quantitative estimate of drug-likeness (QED) is 0.731. The lowest BCUT2D eigenvalue weighted by Crippen LogP contribution is -2.35. The van der Waals surface area contributed by atoms with E-state index in [-0.39, 0.29) is 12.5 Å². The van der Waals surface area contributed by atoms with E-state index in [0.717, 1.165) is 6.42 Å². The summed E-state index contributed by atoms with van der Waals surface area (Å²) in [7, 11) is 1.67. The topological polar surface area (TPSA) is 84.4 Å². The smallest absolute Gasteiger partial charge is 0.274 e. The second-order valence-corrected chi connectivity index (χ2v) is 3.59. The predicted molar refractivity (Wildman–Crippen MR) is 60.9 cm³/mol. The molecular weight excluding hydrogens is 208 g/mol. The van der Waals surface area contributed by atoms with Crippen molar-refractivity contribution in [1.82, 2.24) is 14.7 Å². The fourth-order valence-corrected chi connectivity index (χ4v) is 1.57. The number of hydrogen-bond donors (Lipinski definition) is 2. The Morgan fingerprint density at radius 1 is 1.62 bits per heavy atom. The summed E-state index contributed by atoms with van der Waals surface area (Å²) in [5.41, 5.74) is 6.42. The van der Waals surface area contributed by atoms with Crippen molar-refractivity contribution in [2.45, 2.75) is 13.3 Å². The van der Waals surface area contributed by atoms with Gasteiger partial charge in [-0.05, 0) is 6.42 Å². The van der Waals surface area contributed by atoms with E-state index >= 15 is 0 Å². The Labute approximate surface area is 94.6 Å². The van der Waals surface area contributed by atoms with E-state index in [0.29, 0.717) is 24.5 Å². The van der Waals surface area contributed by atoms with Crippen LogP contribution >= 0.6 is 0 Å². The molecule has 0 aromatic carbocycles. The van der Waals surface area contributed by atoms with Gasteiger partial charge in [0.15, 0.2) is 0 Å². The van der Waals surface area contributed by atoms with Crippen LogP contribution in [0.15, 0.2) is 6.20 Å². The van der Waals surface area contributed by atoms with Gasteiger partial charge in [-0.25, -0.2) is 0 Å². The van der Waals surface area contributed by atoms with Gasteiger partial charge in [0.05, 0.1) is 18.5 Å². The van der Waals surface area contributed by atoms with E-state index in [4.69, 9.17) is 10.8 Å². The molecule has 0 aliphatic carbocycles. The summed E-state index contributed by atoms with van der Waals surface area (Å²) < 4.78 is 1.46. The molecule has 0 spiro atoms. The number of nitrogens with zero attached hydrogens (tertiary/aromatic N) is 3. The molecule has 0 atom stereocenters. The SMILES string of the molecule is CCCN(CCO)C(=O)c1c(N)cnn1C. The largest absolute Gasteiger partial charge is 0.396 e. The van der Waals surface area contributed by atoms with Gasteiger partial charge in [-0.3, -0.25) is 9.48 Å². The highest BCUT2D eigenvalue weighted by Gasteiger charge is 2.20. The molecule has 0 saturated heterocycles. The Morgan fingerprint density at radius 3 is 2.75 bits per heavy atom. The van der Waals surface area contributed by atoms with Crippen molar-refractivity contribution in [2.24, 2.45) is 7.05 Å². The highest BCUT2D eigenvalue weighted by atomic mass is 16.3. The van der Waals surface area contributed by atoms with Crippen LogP contribution in [-0.2, 0) is 7.05 Å². The Kier molecular flexibility index (Phi) is 4.30. The van der Waals surface area contributed by atoms with Crippen LogP contribution in [0.25, 0.3) is 0 Å². The number of hydrogen-bond acceptors (Lipinski definition) is 4. The molecule has 90 valence electrons. The van der Waals surface area contributed by atoms with Crippen LogP contribution in [0.3, 0.4) is 0 Å². The molecule has 0 fully saturated rings. The molecule has 1 amide bonds. The Hall–Kier alpha value is -1.56.